The molecule has 1 N–H and O–H groups in total. The van der Waals surface area contributed by atoms with E-state index in [1.807, 2.05) is 6.92 Å². The molecule has 2 atom stereocenters. The van der Waals surface area contributed by atoms with Crippen molar-refractivity contribution in [3.05, 3.63) is 0 Å². The van der Waals surface area contributed by atoms with Gasteiger partial charge in [-0.15, -0.1) is 0 Å². The summed E-state index contributed by atoms with van der Waals surface area (Å²) in [7, 11) is 1.21. The van der Waals surface area contributed by atoms with Gasteiger partial charge in [-0.05, 0) is 26.3 Å². The second kappa shape index (κ2) is 5.03. The number of alkyl halides is 3. The lowest BCUT2D eigenvalue weighted by Gasteiger charge is -2.30. The summed E-state index contributed by atoms with van der Waals surface area (Å²) in [4.78, 5) is 12.5. The molecule has 16 heavy (non-hydrogen) atoms. The summed E-state index contributed by atoms with van der Waals surface area (Å²) in [5, 5.41) is 3.16. The van der Waals surface area contributed by atoms with Gasteiger partial charge in [-0.25, -0.2) is 0 Å². The first-order valence-electron chi connectivity index (χ1n) is 5.34. The predicted octanol–water partition coefficient (Wildman–Crippen LogP) is 1.40. The summed E-state index contributed by atoms with van der Waals surface area (Å²) in [6.45, 7) is 1.46. The summed E-state index contributed by atoms with van der Waals surface area (Å²) in [5.74, 6) is -0.672. The average Bonchev–Trinajstić information content (AvgIpc) is 2.14. The van der Waals surface area contributed by atoms with E-state index in [0.29, 0.717) is 19.4 Å². The molecule has 1 aliphatic heterocycles. The maximum Gasteiger partial charge on any atom is 0.406 e. The van der Waals surface area contributed by atoms with Crippen molar-refractivity contribution in [1.82, 2.24) is 10.2 Å². The molecule has 1 fully saturated rings. The Kier molecular flexibility index (Phi) is 4.18. The zero-order valence-electron chi connectivity index (χ0n) is 9.47. The molecule has 0 aromatic carbocycles. The predicted molar refractivity (Wildman–Crippen MR) is 53.9 cm³/mol. The Morgan fingerprint density at radius 1 is 1.50 bits per heavy atom. The van der Waals surface area contributed by atoms with Gasteiger partial charge in [0.15, 0.2) is 0 Å². The van der Waals surface area contributed by atoms with Crippen LogP contribution in [0, 0.1) is 5.92 Å². The third kappa shape index (κ3) is 4.00. The second-order valence-electron chi connectivity index (χ2n) is 4.39. The number of hydrogen-bond donors (Lipinski definition) is 1. The molecule has 0 aliphatic carbocycles. The van der Waals surface area contributed by atoms with E-state index < -0.39 is 18.6 Å². The minimum atomic E-state index is -4.32. The Balaban J connectivity index is 2.49. The normalized spacial score (nSPS) is 26.6. The van der Waals surface area contributed by atoms with Gasteiger partial charge in [-0.3, -0.25) is 4.79 Å². The number of hydrogen-bond acceptors (Lipinski definition) is 2. The molecule has 1 aliphatic rings. The van der Waals surface area contributed by atoms with Crippen molar-refractivity contribution < 1.29 is 18.0 Å². The number of amides is 1. The molecule has 3 nitrogen and oxygen atoms in total. The van der Waals surface area contributed by atoms with E-state index in [-0.39, 0.29) is 12.0 Å². The van der Waals surface area contributed by atoms with Gasteiger partial charge < -0.3 is 10.2 Å². The fourth-order valence-electron chi connectivity index (χ4n) is 2.01. The van der Waals surface area contributed by atoms with Crippen LogP contribution >= 0.6 is 0 Å². The molecule has 2 unspecified atom stereocenters. The van der Waals surface area contributed by atoms with E-state index in [4.69, 9.17) is 0 Å². The van der Waals surface area contributed by atoms with Gasteiger partial charge in [-0.2, -0.15) is 13.2 Å². The SMILES string of the molecule is CC1CC(C(=O)N(C)CC(F)(F)F)CCN1. The largest absolute Gasteiger partial charge is 0.406 e. The topological polar surface area (TPSA) is 32.3 Å². The van der Waals surface area contributed by atoms with E-state index in [1.165, 1.54) is 7.05 Å². The van der Waals surface area contributed by atoms with Gasteiger partial charge in [0, 0.05) is 19.0 Å². The molecule has 0 radical (unpaired) electrons. The highest BCUT2D eigenvalue weighted by atomic mass is 19.4. The van der Waals surface area contributed by atoms with Crippen LogP contribution in [-0.2, 0) is 4.79 Å². The Morgan fingerprint density at radius 3 is 2.62 bits per heavy atom. The summed E-state index contributed by atoms with van der Waals surface area (Å²) < 4.78 is 36.3. The van der Waals surface area contributed by atoms with Crippen LogP contribution in [0.15, 0.2) is 0 Å². The van der Waals surface area contributed by atoms with Crippen LogP contribution in [0.1, 0.15) is 19.8 Å². The highest BCUT2D eigenvalue weighted by Crippen LogP contribution is 2.21. The van der Waals surface area contributed by atoms with Crippen molar-refractivity contribution in [2.75, 3.05) is 20.1 Å². The molecule has 0 aromatic heterocycles. The standard InChI is InChI=1S/C10H17F3N2O/c1-7-5-8(3-4-14-7)9(16)15(2)6-10(11,12)13/h7-8,14H,3-6H2,1-2H3. The lowest BCUT2D eigenvalue weighted by molar-refractivity contribution is -0.161. The van der Waals surface area contributed by atoms with Crippen molar-refractivity contribution in [1.29, 1.82) is 0 Å². The lowest BCUT2D eigenvalue weighted by Crippen LogP contribution is -2.45. The highest BCUT2D eigenvalue weighted by molar-refractivity contribution is 5.78. The first-order chi connectivity index (χ1) is 7.29. The van der Waals surface area contributed by atoms with Gasteiger partial charge in [0.25, 0.3) is 0 Å². The Bertz CT molecular complexity index is 255. The summed E-state index contributed by atoms with van der Waals surface area (Å²) in [6.07, 6.45) is -3.09. The van der Waals surface area contributed by atoms with Crippen LogP contribution in [-0.4, -0.2) is 43.2 Å². The molecule has 1 rings (SSSR count). The van der Waals surface area contributed by atoms with Crippen molar-refractivity contribution in [2.24, 2.45) is 5.92 Å². The van der Waals surface area contributed by atoms with E-state index >= 15 is 0 Å². The summed E-state index contributed by atoms with van der Waals surface area (Å²) in [5.41, 5.74) is 0. The number of carbonyl (C=O) groups is 1. The van der Waals surface area contributed by atoms with Crippen molar-refractivity contribution >= 4 is 5.91 Å². The number of nitrogens with zero attached hydrogens (tertiary/aromatic N) is 1. The Morgan fingerprint density at radius 2 is 2.12 bits per heavy atom. The third-order valence-electron chi connectivity index (χ3n) is 2.77. The average molecular weight is 238 g/mol. The number of piperidine rings is 1. The Hall–Kier alpha value is -0.780. The summed E-state index contributed by atoms with van der Waals surface area (Å²) >= 11 is 0. The molecular formula is C10H17F3N2O. The maximum absolute atomic E-state index is 12.1. The number of rotatable bonds is 2. The van der Waals surface area contributed by atoms with E-state index in [0.717, 1.165) is 4.90 Å². The van der Waals surface area contributed by atoms with Gasteiger partial charge in [0.05, 0.1) is 0 Å². The van der Waals surface area contributed by atoms with Crippen LogP contribution in [0.2, 0.25) is 0 Å². The molecule has 1 amide bonds. The van der Waals surface area contributed by atoms with Crippen LogP contribution in [0.3, 0.4) is 0 Å². The molecule has 94 valence electrons. The zero-order valence-corrected chi connectivity index (χ0v) is 9.47. The quantitative estimate of drug-likeness (QED) is 0.788. The van der Waals surface area contributed by atoms with Gasteiger partial charge in [0.1, 0.15) is 6.54 Å². The maximum atomic E-state index is 12.1. The molecule has 0 spiro atoms. The van der Waals surface area contributed by atoms with Crippen molar-refractivity contribution in [3.63, 3.8) is 0 Å². The fraction of sp³-hybridized carbons (Fsp3) is 0.900. The Labute approximate surface area is 93.0 Å². The molecule has 1 saturated heterocycles. The lowest BCUT2D eigenvalue weighted by atomic mass is 9.92. The molecule has 0 aromatic rings. The smallest absolute Gasteiger partial charge is 0.336 e. The minimum absolute atomic E-state index is 0.196. The fourth-order valence-corrected chi connectivity index (χ4v) is 2.01. The van der Waals surface area contributed by atoms with E-state index in [9.17, 15) is 18.0 Å². The third-order valence-corrected chi connectivity index (χ3v) is 2.77. The van der Waals surface area contributed by atoms with Crippen LogP contribution in [0.4, 0.5) is 13.2 Å². The highest BCUT2D eigenvalue weighted by Gasteiger charge is 2.34. The van der Waals surface area contributed by atoms with Gasteiger partial charge >= 0.3 is 6.18 Å². The second-order valence-corrected chi connectivity index (χ2v) is 4.39. The van der Waals surface area contributed by atoms with E-state index in [2.05, 4.69) is 5.32 Å². The molecule has 1 heterocycles. The monoisotopic (exact) mass is 238 g/mol. The van der Waals surface area contributed by atoms with Crippen LogP contribution < -0.4 is 5.32 Å². The minimum Gasteiger partial charge on any atom is -0.336 e. The molecule has 0 saturated carbocycles. The van der Waals surface area contributed by atoms with Crippen LogP contribution in [0.25, 0.3) is 0 Å². The van der Waals surface area contributed by atoms with Gasteiger partial charge in [0.2, 0.25) is 5.91 Å². The number of halogens is 3. The van der Waals surface area contributed by atoms with Crippen LogP contribution in [0.5, 0.6) is 0 Å². The van der Waals surface area contributed by atoms with Gasteiger partial charge in [-0.1, -0.05) is 0 Å². The first-order valence-corrected chi connectivity index (χ1v) is 5.34. The van der Waals surface area contributed by atoms with E-state index in [1.54, 1.807) is 0 Å². The molecule has 6 heteroatoms. The first kappa shape index (κ1) is 13.3. The molecular weight excluding hydrogens is 221 g/mol. The molecule has 0 bridgehead atoms. The zero-order chi connectivity index (χ0) is 12.3. The number of carbonyl (C=O) groups excluding carboxylic acids is 1. The van der Waals surface area contributed by atoms with Crippen molar-refractivity contribution in [3.8, 4) is 0 Å². The number of nitrogens with one attached hydrogen (secondary N) is 1. The van der Waals surface area contributed by atoms with Crippen molar-refractivity contribution in [2.45, 2.75) is 32.0 Å². The summed E-state index contributed by atoms with van der Waals surface area (Å²) in [6, 6.07) is 0.196.